The van der Waals surface area contributed by atoms with E-state index >= 15 is 0 Å². The first-order chi connectivity index (χ1) is 13.2. The number of halogens is 1. The second kappa shape index (κ2) is 7.65. The van der Waals surface area contributed by atoms with Crippen molar-refractivity contribution in [2.45, 2.75) is 18.9 Å². The highest BCUT2D eigenvalue weighted by Gasteiger charge is 2.34. The number of hydrogen-bond donors (Lipinski definition) is 2. The Morgan fingerprint density at radius 2 is 2.21 bits per heavy atom. The lowest BCUT2D eigenvalue weighted by Gasteiger charge is -2.36. The van der Waals surface area contributed by atoms with Gasteiger partial charge in [-0.05, 0) is 18.9 Å². The minimum atomic E-state index is -3.70. The maximum absolute atomic E-state index is 13.9. The zero-order valence-corrected chi connectivity index (χ0v) is 15.8. The van der Waals surface area contributed by atoms with E-state index in [-0.39, 0.29) is 12.1 Å². The molecule has 9 nitrogen and oxygen atoms in total. The summed E-state index contributed by atoms with van der Waals surface area (Å²) in [5, 5.41) is 19.0. The van der Waals surface area contributed by atoms with E-state index in [1.807, 2.05) is 4.90 Å². The number of carboxylic acids is 1. The molecule has 1 aliphatic heterocycles. The molecule has 2 N–H and O–H groups in total. The summed E-state index contributed by atoms with van der Waals surface area (Å²) in [5.41, 5.74) is 0.187. The molecule has 3 rings (SSSR count). The Balaban J connectivity index is 1.96. The van der Waals surface area contributed by atoms with Crippen LogP contribution in [0, 0.1) is 23.1 Å². The predicted molar refractivity (Wildman–Crippen MR) is 98.6 cm³/mol. The largest absolute Gasteiger partial charge is 0.480 e. The van der Waals surface area contributed by atoms with Gasteiger partial charge in [0, 0.05) is 30.5 Å². The van der Waals surface area contributed by atoms with E-state index in [1.165, 1.54) is 12.4 Å². The van der Waals surface area contributed by atoms with Gasteiger partial charge in [0.15, 0.2) is 0 Å². The SMILES string of the molecule is CS(=O)(=O)NC(C(=O)O)C1CCCN(c2ncnc3cc(F)c(C#N)cc23)C1. The second-order valence-electron chi connectivity index (χ2n) is 6.71. The van der Waals surface area contributed by atoms with E-state index in [4.69, 9.17) is 5.26 Å². The predicted octanol–water partition coefficient (Wildman–Crippen LogP) is 0.859. The molecule has 28 heavy (non-hydrogen) atoms. The van der Waals surface area contributed by atoms with Gasteiger partial charge < -0.3 is 10.0 Å². The third-order valence-electron chi connectivity index (χ3n) is 4.66. The van der Waals surface area contributed by atoms with Gasteiger partial charge in [-0.15, -0.1) is 0 Å². The number of carbonyl (C=O) groups is 1. The molecule has 1 fully saturated rings. The smallest absolute Gasteiger partial charge is 0.322 e. The highest BCUT2D eigenvalue weighted by Crippen LogP contribution is 2.30. The fourth-order valence-corrected chi connectivity index (χ4v) is 4.21. The first kappa shape index (κ1) is 19.9. The van der Waals surface area contributed by atoms with Crippen LogP contribution in [0.3, 0.4) is 0 Å². The van der Waals surface area contributed by atoms with Crippen LogP contribution < -0.4 is 9.62 Å². The van der Waals surface area contributed by atoms with Gasteiger partial charge in [0.05, 0.1) is 17.3 Å². The van der Waals surface area contributed by atoms with Crippen LogP contribution in [0.25, 0.3) is 10.9 Å². The molecule has 1 aromatic carbocycles. The van der Waals surface area contributed by atoms with Crippen LogP contribution in [0.5, 0.6) is 0 Å². The first-order valence-corrected chi connectivity index (χ1v) is 10.4. The van der Waals surface area contributed by atoms with Crippen molar-refractivity contribution in [3.05, 3.63) is 29.8 Å². The Hall–Kier alpha value is -2.84. The molecule has 1 saturated heterocycles. The van der Waals surface area contributed by atoms with Crippen molar-refractivity contribution in [2.24, 2.45) is 5.92 Å². The van der Waals surface area contributed by atoms with Gasteiger partial charge in [0.25, 0.3) is 0 Å². The summed E-state index contributed by atoms with van der Waals surface area (Å²) in [6.07, 6.45) is 3.34. The Kier molecular flexibility index (Phi) is 5.44. The van der Waals surface area contributed by atoms with E-state index in [1.54, 1.807) is 6.07 Å². The molecule has 2 unspecified atom stereocenters. The van der Waals surface area contributed by atoms with Crippen molar-refractivity contribution in [3.63, 3.8) is 0 Å². The van der Waals surface area contributed by atoms with Gasteiger partial charge in [-0.1, -0.05) is 0 Å². The molecular weight excluding hydrogens is 389 g/mol. The van der Waals surface area contributed by atoms with E-state index in [2.05, 4.69) is 14.7 Å². The van der Waals surface area contributed by atoms with Gasteiger partial charge in [0.2, 0.25) is 10.0 Å². The number of benzene rings is 1. The number of carboxylic acid groups (broad SMARTS) is 1. The molecule has 0 aliphatic carbocycles. The average molecular weight is 407 g/mol. The van der Waals surface area contributed by atoms with Gasteiger partial charge in [-0.3, -0.25) is 4.79 Å². The molecule has 1 aliphatic rings. The summed E-state index contributed by atoms with van der Waals surface area (Å²) in [5.74, 6) is -1.96. The van der Waals surface area contributed by atoms with Crippen molar-refractivity contribution < 1.29 is 22.7 Å². The Morgan fingerprint density at radius 1 is 1.46 bits per heavy atom. The molecule has 0 spiro atoms. The van der Waals surface area contributed by atoms with E-state index in [0.29, 0.717) is 36.1 Å². The zero-order valence-electron chi connectivity index (χ0n) is 15.0. The highest BCUT2D eigenvalue weighted by atomic mass is 32.2. The lowest BCUT2D eigenvalue weighted by Crippen LogP contribution is -2.51. The van der Waals surface area contributed by atoms with Crippen LogP contribution in [-0.4, -0.2) is 54.8 Å². The van der Waals surface area contributed by atoms with E-state index in [9.17, 15) is 22.7 Å². The van der Waals surface area contributed by atoms with Crippen molar-refractivity contribution in [3.8, 4) is 6.07 Å². The second-order valence-corrected chi connectivity index (χ2v) is 8.49. The minimum absolute atomic E-state index is 0.140. The molecule has 2 heterocycles. The maximum Gasteiger partial charge on any atom is 0.322 e. The van der Waals surface area contributed by atoms with Gasteiger partial charge in [-0.25, -0.2) is 27.5 Å². The van der Waals surface area contributed by atoms with Crippen molar-refractivity contribution in [1.82, 2.24) is 14.7 Å². The fourth-order valence-electron chi connectivity index (χ4n) is 3.45. The number of aromatic nitrogens is 2. The van der Waals surface area contributed by atoms with Crippen LogP contribution in [0.4, 0.5) is 10.2 Å². The molecule has 11 heteroatoms. The third-order valence-corrected chi connectivity index (χ3v) is 5.34. The summed E-state index contributed by atoms with van der Waals surface area (Å²) < 4.78 is 39.1. The van der Waals surface area contributed by atoms with Gasteiger partial charge in [0.1, 0.15) is 30.1 Å². The van der Waals surface area contributed by atoms with E-state index in [0.717, 1.165) is 12.3 Å². The average Bonchev–Trinajstić information content (AvgIpc) is 2.64. The zero-order chi connectivity index (χ0) is 20.5. The summed E-state index contributed by atoms with van der Waals surface area (Å²) in [6.45, 7) is 0.804. The number of rotatable bonds is 5. The highest BCUT2D eigenvalue weighted by molar-refractivity contribution is 7.88. The number of sulfonamides is 1. The molecule has 0 saturated carbocycles. The summed E-state index contributed by atoms with van der Waals surface area (Å²) in [6, 6.07) is 3.04. The minimum Gasteiger partial charge on any atom is -0.480 e. The summed E-state index contributed by atoms with van der Waals surface area (Å²) >= 11 is 0. The molecule has 1 aromatic heterocycles. The third kappa shape index (κ3) is 4.18. The maximum atomic E-state index is 13.9. The van der Waals surface area contributed by atoms with Crippen LogP contribution in [-0.2, 0) is 14.8 Å². The lowest BCUT2D eigenvalue weighted by atomic mass is 9.91. The standard InChI is InChI=1S/C17H18FN5O4S/c1-28(26,27)22-15(17(24)25)10-3-2-4-23(8-10)16-12-5-11(7-19)13(18)6-14(12)20-9-21-16/h5-6,9-10,15,22H,2-4,8H2,1H3,(H,24,25). The number of nitrogens with zero attached hydrogens (tertiary/aromatic N) is 4. The molecule has 0 amide bonds. The number of nitriles is 1. The number of anilines is 1. The van der Waals surface area contributed by atoms with Crippen molar-refractivity contribution >= 4 is 32.7 Å². The Labute approximate surface area is 160 Å². The van der Waals surface area contributed by atoms with Gasteiger partial charge >= 0.3 is 5.97 Å². The normalized spacial score (nSPS) is 18.6. The van der Waals surface area contributed by atoms with Crippen LogP contribution in [0.15, 0.2) is 18.5 Å². The van der Waals surface area contributed by atoms with Crippen molar-refractivity contribution in [1.29, 1.82) is 5.26 Å². The number of piperidine rings is 1. The first-order valence-electron chi connectivity index (χ1n) is 8.49. The molecular formula is C17H18FN5O4S. The van der Waals surface area contributed by atoms with Crippen LogP contribution in [0.1, 0.15) is 18.4 Å². The number of fused-ring (bicyclic) bond motifs is 1. The number of nitrogens with one attached hydrogen (secondary N) is 1. The Bertz CT molecular complexity index is 1070. The molecule has 2 atom stereocenters. The van der Waals surface area contributed by atoms with Crippen LogP contribution in [0.2, 0.25) is 0 Å². The summed E-state index contributed by atoms with van der Waals surface area (Å²) in [4.78, 5) is 21.7. The molecule has 0 bridgehead atoms. The molecule has 0 radical (unpaired) electrons. The summed E-state index contributed by atoms with van der Waals surface area (Å²) in [7, 11) is -3.70. The lowest BCUT2D eigenvalue weighted by molar-refractivity contribution is -0.140. The number of hydrogen-bond acceptors (Lipinski definition) is 7. The quantitative estimate of drug-likeness (QED) is 0.745. The van der Waals surface area contributed by atoms with E-state index < -0.39 is 33.8 Å². The molecule has 2 aromatic rings. The van der Waals surface area contributed by atoms with Crippen LogP contribution >= 0.6 is 0 Å². The van der Waals surface area contributed by atoms with Gasteiger partial charge in [-0.2, -0.15) is 5.26 Å². The molecule has 148 valence electrons. The topological polar surface area (TPSA) is 136 Å². The Morgan fingerprint density at radius 3 is 2.86 bits per heavy atom. The van der Waals surface area contributed by atoms with Crippen molar-refractivity contribution in [2.75, 3.05) is 24.2 Å². The monoisotopic (exact) mass is 407 g/mol. The fraction of sp³-hybridized carbons (Fsp3) is 0.412. The number of aliphatic carboxylic acids is 1.